The number of hydrogen-bond donors (Lipinski definition) is 0. The van der Waals surface area contributed by atoms with Crippen LogP contribution in [0.1, 0.15) is 0 Å². The maximum Gasteiger partial charge on any atom is 0.135 e. The molecule has 2 rings (SSSR count). The molecule has 1 nitrogen and oxygen atoms in total. The van der Waals surface area contributed by atoms with Gasteiger partial charge in [-0.1, -0.05) is 6.07 Å². The Balaban J connectivity index is 2.48. The number of hydrogen-bond acceptors (Lipinski definition) is 3. The lowest BCUT2D eigenvalue weighted by Crippen LogP contribution is -1.66. The number of nitrogens with zero attached hydrogens (tertiary/aromatic N) is 1. The first-order valence-corrected chi connectivity index (χ1v) is 6.41. The van der Waals surface area contributed by atoms with Gasteiger partial charge in [-0.15, -0.1) is 22.7 Å². The summed E-state index contributed by atoms with van der Waals surface area (Å²) in [6.07, 6.45) is 0. The first-order valence-electron chi connectivity index (χ1n) is 3.13. The molecular weight excluding hydrogens is 322 g/mol. The summed E-state index contributed by atoms with van der Waals surface area (Å²) in [5.41, 5.74) is 0. The van der Waals surface area contributed by atoms with E-state index in [1.54, 1.807) is 22.7 Å². The van der Waals surface area contributed by atoms with E-state index in [9.17, 15) is 0 Å². The molecule has 5 heteroatoms. The molecule has 2 aromatic heterocycles. The van der Waals surface area contributed by atoms with E-state index in [0.29, 0.717) is 0 Å². The Morgan fingerprint density at radius 2 is 2.17 bits per heavy atom. The molecule has 2 aromatic rings. The largest absolute Gasteiger partial charge is 0.227 e. The fourth-order valence-corrected chi connectivity index (χ4v) is 3.36. The standard InChI is InChI=1S/C7H3Br2NS2/c8-5-6(9)12-7(10-5)4-2-1-3-11-4/h1-3H. The Bertz CT molecular complexity index is 361. The molecule has 0 aliphatic carbocycles. The third kappa shape index (κ3) is 1.64. The van der Waals surface area contributed by atoms with Crippen LogP contribution in [-0.4, -0.2) is 4.98 Å². The predicted molar refractivity (Wildman–Crippen MR) is 60.8 cm³/mol. The molecule has 0 radical (unpaired) electrons. The van der Waals surface area contributed by atoms with Crippen LogP contribution in [0.3, 0.4) is 0 Å². The quantitative estimate of drug-likeness (QED) is 0.757. The van der Waals surface area contributed by atoms with Crippen molar-refractivity contribution in [3.05, 3.63) is 25.9 Å². The smallest absolute Gasteiger partial charge is 0.135 e. The molecular formula is C7H3Br2NS2. The van der Waals surface area contributed by atoms with E-state index < -0.39 is 0 Å². The number of halogens is 2. The molecule has 62 valence electrons. The minimum atomic E-state index is 0.885. The molecule has 0 atom stereocenters. The molecule has 0 bridgehead atoms. The van der Waals surface area contributed by atoms with Gasteiger partial charge in [0.2, 0.25) is 0 Å². The third-order valence-corrected chi connectivity index (χ3v) is 5.39. The number of thiazole rings is 1. The fourth-order valence-electron chi connectivity index (χ4n) is 0.789. The number of aromatic nitrogens is 1. The molecule has 2 heterocycles. The Morgan fingerprint density at radius 1 is 1.33 bits per heavy atom. The van der Waals surface area contributed by atoms with E-state index in [1.807, 2.05) is 6.07 Å². The highest BCUT2D eigenvalue weighted by atomic mass is 79.9. The van der Waals surface area contributed by atoms with E-state index >= 15 is 0 Å². The normalized spacial score (nSPS) is 10.5. The van der Waals surface area contributed by atoms with E-state index in [0.717, 1.165) is 13.4 Å². The zero-order chi connectivity index (χ0) is 8.55. The summed E-state index contributed by atoms with van der Waals surface area (Å²) < 4.78 is 1.93. The van der Waals surface area contributed by atoms with Crippen molar-refractivity contribution >= 4 is 54.5 Å². The van der Waals surface area contributed by atoms with Gasteiger partial charge in [0.1, 0.15) is 13.4 Å². The van der Waals surface area contributed by atoms with Crippen molar-refractivity contribution in [1.29, 1.82) is 0 Å². The van der Waals surface area contributed by atoms with Crippen molar-refractivity contribution in [3.8, 4) is 9.88 Å². The molecule has 0 spiro atoms. The molecule has 0 saturated carbocycles. The van der Waals surface area contributed by atoms with Gasteiger partial charge in [-0.05, 0) is 43.3 Å². The molecule has 0 aliphatic heterocycles. The van der Waals surface area contributed by atoms with Crippen LogP contribution in [0.4, 0.5) is 0 Å². The summed E-state index contributed by atoms with van der Waals surface area (Å²) in [4.78, 5) is 5.57. The molecule has 12 heavy (non-hydrogen) atoms. The average Bonchev–Trinajstić information content (AvgIpc) is 2.61. The summed E-state index contributed by atoms with van der Waals surface area (Å²) in [6, 6.07) is 4.10. The van der Waals surface area contributed by atoms with Crippen molar-refractivity contribution in [1.82, 2.24) is 4.98 Å². The summed E-state index contributed by atoms with van der Waals surface area (Å²) in [5, 5.41) is 3.11. The monoisotopic (exact) mass is 323 g/mol. The van der Waals surface area contributed by atoms with Crippen LogP contribution in [0, 0.1) is 0 Å². The van der Waals surface area contributed by atoms with Crippen LogP contribution in [0.2, 0.25) is 0 Å². The van der Waals surface area contributed by atoms with Gasteiger partial charge in [0, 0.05) is 0 Å². The lowest BCUT2D eigenvalue weighted by molar-refractivity contribution is 1.36. The van der Waals surface area contributed by atoms with Crippen LogP contribution in [0.5, 0.6) is 0 Å². The van der Waals surface area contributed by atoms with Crippen LogP contribution in [-0.2, 0) is 0 Å². The first-order chi connectivity index (χ1) is 5.77. The minimum Gasteiger partial charge on any atom is -0.227 e. The highest BCUT2D eigenvalue weighted by molar-refractivity contribution is 9.13. The highest BCUT2D eigenvalue weighted by Gasteiger charge is 2.08. The van der Waals surface area contributed by atoms with Gasteiger partial charge in [0.15, 0.2) is 0 Å². The second kappa shape index (κ2) is 3.57. The minimum absolute atomic E-state index is 0.885. The fraction of sp³-hybridized carbons (Fsp3) is 0. The van der Waals surface area contributed by atoms with Crippen LogP contribution in [0.15, 0.2) is 25.9 Å². The van der Waals surface area contributed by atoms with Gasteiger partial charge in [0.05, 0.1) is 4.88 Å². The first kappa shape index (κ1) is 8.87. The molecule has 0 aliphatic rings. The van der Waals surface area contributed by atoms with Crippen molar-refractivity contribution in [2.45, 2.75) is 0 Å². The SMILES string of the molecule is Brc1nc(-c2cccs2)sc1Br. The molecule has 0 aromatic carbocycles. The molecule has 0 fully saturated rings. The van der Waals surface area contributed by atoms with Crippen molar-refractivity contribution in [3.63, 3.8) is 0 Å². The maximum atomic E-state index is 4.35. The van der Waals surface area contributed by atoms with Crippen LogP contribution >= 0.6 is 54.5 Å². The van der Waals surface area contributed by atoms with Crippen molar-refractivity contribution in [2.75, 3.05) is 0 Å². The number of rotatable bonds is 1. The molecule has 0 unspecified atom stereocenters. The molecule has 0 amide bonds. The van der Waals surface area contributed by atoms with Gasteiger partial charge in [-0.2, -0.15) is 0 Å². The van der Waals surface area contributed by atoms with Gasteiger partial charge < -0.3 is 0 Å². The zero-order valence-corrected chi connectivity index (χ0v) is 10.6. The van der Waals surface area contributed by atoms with Gasteiger partial charge in [0.25, 0.3) is 0 Å². The van der Waals surface area contributed by atoms with E-state index in [1.165, 1.54) is 4.88 Å². The Kier molecular flexibility index (Phi) is 2.64. The highest BCUT2D eigenvalue weighted by Crippen LogP contribution is 2.36. The van der Waals surface area contributed by atoms with Gasteiger partial charge in [-0.3, -0.25) is 0 Å². The molecule has 0 saturated heterocycles. The summed E-state index contributed by atoms with van der Waals surface area (Å²) in [7, 11) is 0. The maximum absolute atomic E-state index is 4.35. The Labute approximate surface area is 94.7 Å². The Morgan fingerprint density at radius 3 is 2.67 bits per heavy atom. The lowest BCUT2D eigenvalue weighted by Gasteiger charge is -1.84. The van der Waals surface area contributed by atoms with Gasteiger partial charge in [-0.25, -0.2) is 4.98 Å². The number of thiophene rings is 1. The summed E-state index contributed by atoms with van der Waals surface area (Å²) in [6.45, 7) is 0. The Hall–Kier alpha value is 0.290. The second-order valence-corrected chi connectivity index (χ2v) is 6.08. The van der Waals surface area contributed by atoms with E-state index in [4.69, 9.17) is 0 Å². The zero-order valence-electron chi connectivity index (χ0n) is 5.75. The summed E-state index contributed by atoms with van der Waals surface area (Å²) >= 11 is 10.1. The van der Waals surface area contributed by atoms with Crippen molar-refractivity contribution in [2.24, 2.45) is 0 Å². The lowest BCUT2D eigenvalue weighted by atomic mass is 10.5. The average molecular weight is 325 g/mol. The van der Waals surface area contributed by atoms with Crippen LogP contribution < -0.4 is 0 Å². The second-order valence-electron chi connectivity index (χ2n) is 2.06. The van der Waals surface area contributed by atoms with E-state index in [-0.39, 0.29) is 0 Å². The van der Waals surface area contributed by atoms with Crippen LogP contribution in [0.25, 0.3) is 9.88 Å². The summed E-state index contributed by atoms with van der Waals surface area (Å²) in [5.74, 6) is 0. The van der Waals surface area contributed by atoms with Gasteiger partial charge >= 0.3 is 0 Å². The predicted octanol–water partition coefficient (Wildman–Crippen LogP) is 4.40. The van der Waals surface area contributed by atoms with E-state index in [2.05, 4.69) is 48.3 Å². The van der Waals surface area contributed by atoms with Crippen molar-refractivity contribution < 1.29 is 0 Å². The third-order valence-electron chi connectivity index (χ3n) is 1.28. The topological polar surface area (TPSA) is 12.9 Å². The molecule has 0 N–H and O–H groups in total.